The van der Waals surface area contributed by atoms with Crippen LogP contribution in [0.5, 0.6) is 0 Å². The van der Waals surface area contributed by atoms with Gasteiger partial charge in [-0.3, -0.25) is 19.5 Å². The van der Waals surface area contributed by atoms with Gasteiger partial charge in [-0.1, -0.05) is 18.6 Å². The average Bonchev–Trinajstić information content (AvgIpc) is 3.18. The van der Waals surface area contributed by atoms with E-state index >= 15 is 0 Å². The zero-order valence-electron chi connectivity index (χ0n) is 15.7. The largest absolute Gasteiger partial charge is 0.357 e. The number of carbonyl (C=O) groups is 2. The Bertz CT molecular complexity index is 725. The second-order valence-corrected chi connectivity index (χ2v) is 7.57. The van der Waals surface area contributed by atoms with Crippen molar-refractivity contribution in [2.75, 3.05) is 32.7 Å². The molecule has 1 aromatic rings. The van der Waals surface area contributed by atoms with Crippen LogP contribution in [-0.4, -0.2) is 60.3 Å². The summed E-state index contributed by atoms with van der Waals surface area (Å²) in [5, 5.41) is 3.36. The van der Waals surface area contributed by atoms with Gasteiger partial charge in [0.1, 0.15) is 0 Å². The smallest absolute Gasteiger partial charge is 0.261 e. The van der Waals surface area contributed by atoms with E-state index in [1.54, 1.807) is 24.3 Å². The van der Waals surface area contributed by atoms with Crippen molar-refractivity contribution >= 4 is 41.8 Å². The molecular weight excluding hydrogens is 455 g/mol. The van der Waals surface area contributed by atoms with Crippen molar-refractivity contribution in [3.8, 4) is 0 Å². The van der Waals surface area contributed by atoms with Crippen LogP contribution in [0.2, 0.25) is 0 Å². The highest BCUT2D eigenvalue weighted by molar-refractivity contribution is 14.0. The van der Waals surface area contributed by atoms with E-state index in [0.29, 0.717) is 29.6 Å². The maximum Gasteiger partial charge on any atom is 0.261 e. The minimum absolute atomic E-state index is 0. The molecule has 0 aromatic heterocycles. The van der Waals surface area contributed by atoms with Crippen molar-refractivity contribution < 1.29 is 9.59 Å². The molecule has 1 spiro atoms. The van der Waals surface area contributed by atoms with Crippen molar-refractivity contribution in [2.24, 2.45) is 10.4 Å². The Balaban J connectivity index is 0.00000210. The predicted molar refractivity (Wildman–Crippen MR) is 116 cm³/mol. The molecule has 1 saturated carbocycles. The van der Waals surface area contributed by atoms with E-state index in [9.17, 15) is 9.59 Å². The molecule has 1 saturated heterocycles. The van der Waals surface area contributed by atoms with Gasteiger partial charge in [-0.05, 0) is 43.7 Å². The number of halogens is 1. The van der Waals surface area contributed by atoms with Crippen molar-refractivity contribution in [2.45, 2.75) is 32.6 Å². The van der Waals surface area contributed by atoms with Crippen LogP contribution in [0.4, 0.5) is 0 Å². The van der Waals surface area contributed by atoms with Crippen LogP contribution in [0.3, 0.4) is 0 Å². The monoisotopic (exact) mass is 482 g/mol. The lowest BCUT2D eigenvalue weighted by atomic mass is 9.68. The van der Waals surface area contributed by atoms with Crippen LogP contribution < -0.4 is 5.32 Å². The molecular formula is C20H27IN4O2. The highest BCUT2D eigenvalue weighted by Crippen LogP contribution is 2.47. The third-order valence-electron chi connectivity index (χ3n) is 5.95. The second kappa shape index (κ2) is 8.16. The van der Waals surface area contributed by atoms with Crippen molar-refractivity contribution in [3.63, 3.8) is 0 Å². The van der Waals surface area contributed by atoms with Crippen molar-refractivity contribution in [1.29, 1.82) is 0 Å². The number of hydrogen-bond donors (Lipinski definition) is 1. The summed E-state index contributed by atoms with van der Waals surface area (Å²) in [6.45, 7) is 5.74. The molecule has 1 aromatic carbocycles. The minimum atomic E-state index is -0.208. The van der Waals surface area contributed by atoms with Gasteiger partial charge in [0.25, 0.3) is 11.8 Å². The molecule has 0 radical (unpaired) electrons. The molecule has 2 fully saturated rings. The number of carbonyl (C=O) groups excluding carboxylic acids is 2. The summed E-state index contributed by atoms with van der Waals surface area (Å²) in [5.74, 6) is 0.494. The number of fused-ring (bicyclic) bond motifs is 1. The highest BCUT2D eigenvalue weighted by atomic mass is 127. The Labute approximate surface area is 177 Å². The molecule has 0 bridgehead atoms. The Morgan fingerprint density at radius 3 is 2.33 bits per heavy atom. The lowest BCUT2D eigenvalue weighted by Crippen LogP contribution is -2.43. The molecule has 4 rings (SSSR count). The number of hydrogen-bond acceptors (Lipinski definition) is 3. The Morgan fingerprint density at radius 1 is 1.15 bits per heavy atom. The van der Waals surface area contributed by atoms with Crippen LogP contribution in [0.25, 0.3) is 0 Å². The maximum atomic E-state index is 12.4. The van der Waals surface area contributed by atoms with Crippen LogP contribution >= 0.6 is 24.0 Å². The third-order valence-corrected chi connectivity index (χ3v) is 5.95. The van der Waals surface area contributed by atoms with Gasteiger partial charge in [0, 0.05) is 26.2 Å². The molecule has 146 valence electrons. The second-order valence-electron chi connectivity index (χ2n) is 7.57. The van der Waals surface area contributed by atoms with Crippen LogP contribution in [-0.2, 0) is 0 Å². The summed E-state index contributed by atoms with van der Waals surface area (Å²) in [7, 11) is 0. The van der Waals surface area contributed by atoms with Crippen LogP contribution in [0.1, 0.15) is 53.3 Å². The molecule has 2 heterocycles. The van der Waals surface area contributed by atoms with Crippen LogP contribution in [0.15, 0.2) is 29.3 Å². The fourth-order valence-electron chi connectivity index (χ4n) is 4.32. The van der Waals surface area contributed by atoms with E-state index in [1.807, 2.05) is 0 Å². The first-order chi connectivity index (χ1) is 12.6. The fourth-order valence-corrected chi connectivity index (χ4v) is 4.32. The summed E-state index contributed by atoms with van der Waals surface area (Å²) in [6, 6.07) is 7.01. The van der Waals surface area contributed by atoms with E-state index in [1.165, 1.54) is 30.6 Å². The Kier molecular flexibility index (Phi) is 6.08. The molecule has 1 aliphatic carbocycles. The van der Waals surface area contributed by atoms with E-state index in [2.05, 4.69) is 17.1 Å². The number of rotatable bonds is 4. The molecule has 27 heavy (non-hydrogen) atoms. The summed E-state index contributed by atoms with van der Waals surface area (Å²) < 4.78 is 0. The highest BCUT2D eigenvalue weighted by Gasteiger charge is 2.43. The molecule has 6 nitrogen and oxygen atoms in total. The number of benzene rings is 1. The minimum Gasteiger partial charge on any atom is -0.357 e. The van der Waals surface area contributed by atoms with Crippen LogP contribution in [0, 0.1) is 5.41 Å². The van der Waals surface area contributed by atoms with Gasteiger partial charge in [0.2, 0.25) is 0 Å². The summed E-state index contributed by atoms with van der Waals surface area (Å²) in [6.07, 6.45) is 5.26. The number of guanidine groups is 1. The molecule has 0 unspecified atom stereocenters. The first kappa shape index (κ1) is 20.1. The topological polar surface area (TPSA) is 65.0 Å². The van der Waals surface area contributed by atoms with E-state index in [4.69, 9.17) is 4.99 Å². The first-order valence-electron chi connectivity index (χ1n) is 9.62. The summed E-state index contributed by atoms with van der Waals surface area (Å²) >= 11 is 0. The zero-order chi connectivity index (χ0) is 18.1. The molecule has 3 aliphatic rings. The maximum absolute atomic E-state index is 12.4. The number of aliphatic imine (C=N–C) groups is 1. The zero-order valence-corrected chi connectivity index (χ0v) is 18.1. The standard InChI is InChI=1S/C20H26N4O2.HI/c1-2-21-19(23-12-10-20(14-23)8-5-9-20)22-11-13-24-17(25)15-6-3-4-7-16(15)18(24)26;/h3-4,6-7H,2,5,8-14H2,1H3,(H,21,22);1H. The summed E-state index contributed by atoms with van der Waals surface area (Å²) in [4.78, 5) is 33.2. The molecule has 1 N–H and O–H groups in total. The normalized spacial score (nSPS) is 20.6. The molecule has 0 atom stereocenters. The number of nitrogens with one attached hydrogen (secondary N) is 1. The molecule has 2 amide bonds. The van der Waals surface area contributed by atoms with E-state index < -0.39 is 0 Å². The summed E-state index contributed by atoms with van der Waals surface area (Å²) in [5.41, 5.74) is 1.51. The molecule has 2 aliphatic heterocycles. The van der Waals surface area contributed by atoms with Gasteiger partial charge in [-0.15, -0.1) is 24.0 Å². The molecule has 7 heteroatoms. The van der Waals surface area contributed by atoms with Crippen molar-refractivity contribution in [1.82, 2.24) is 15.1 Å². The van der Waals surface area contributed by atoms with E-state index in [0.717, 1.165) is 25.6 Å². The lowest BCUT2D eigenvalue weighted by Gasteiger charge is -2.38. The fraction of sp³-hybridized carbons (Fsp3) is 0.550. The lowest BCUT2D eigenvalue weighted by molar-refractivity contribution is 0.0659. The number of likely N-dealkylation sites (tertiary alicyclic amines) is 1. The van der Waals surface area contributed by atoms with Gasteiger partial charge >= 0.3 is 0 Å². The quantitative estimate of drug-likeness (QED) is 0.310. The van der Waals surface area contributed by atoms with Gasteiger partial charge in [0.15, 0.2) is 5.96 Å². The van der Waals surface area contributed by atoms with E-state index in [-0.39, 0.29) is 35.8 Å². The SMILES string of the molecule is CCNC(=NCCN1C(=O)c2ccccc2C1=O)N1CCC2(CCC2)C1.I. The Morgan fingerprint density at radius 2 is 1.81 bits per heavy atom. The number of imide groups is 1. The van der Waals surface area contributed by atoms with Gasteiger partial charge < -0.3 is 10.2 Å². The predicted octanol–water partition coefficient (Wildman–Crippen LogP) is 2.74. The first-order valence-corrected chi connectivity index (χ1v) is 9.62. The van der Waals surface area contributed by atoms with Gasteiger partial charge in [-0.2, -0.15) is 0 Å². The van der Waals surface area contributed by atoms with Crippen molar-refractivity contribution in [3.05, 3.63) is 35.4 Å². The average molecular weight is 482 g/mol. The number of amides is 2. The van der Waals surface area contributed by atoms with Gasteiger partial charge in [-0.25, -0.2) is 0 Å². The third kappa shape index (κ3) is 3.70. The van der Waals surface area contributed by atoms with Gasteiger partial charge in [0.05, 0.1) is 17.7 Å². The Hall–Kier alpha value is -1.64. The number of nitrogens with zero attached hydrogens (tertiary/aromatic N) is 3.